The van der Waals surface area contributed by atoms with E-state index in [-0.39, 0.29) is 42.2 Å². The van der Waals surface area contributed by atoms with Crippen LogP contribution in [0.25, 0.3) is 0 Å². The predicted octanol–water partition coefficient (Wildman–Crippen LogP) is 4.61. The van der Waals surface area contributed by atoms with Gasteiger partial charge in [0.05, 0.1) is 16.8 Å². The molecule has 1 aromatic carbocycles. The molecular formula is C26H31F5N4O2. The van der Waals surface area contributed by atoms with Crippen LogP contribution in [0.5, 0.6) is 0 Å². The SMILES string of the molecule is CC.CN1CC2C(C1)C2Nc1cc(=O)n(C2(C(F)F)CC2)cc1C(=O)NCc1cccc(C(F)F)c1F. The number of nitrogens with one attached hydrogen (secondary N) is 2. The molecule has 2 heterocycles. The summed E-state index contributed by atoms with van der Waals surface area (Å²) in [5, 5.41) is 5.72. The van der Waals surface area contributed by atoms with Crippen molar-refractivity contribution in [3.8, 4) is 0 Å². The molecule has 37 heavy (non-hydrogen) atoms. The third kappa shape index (κ3) is 5.10. The number of hydrogen-bond acceptors (Lipinski definition) is 4. The van der Waals surface area contributed by atoms with Crippen molar-refractivity contribution >= 4 is 11.6 Å². The first-order valence-corrected chi connectivity index (χ1v) is 12.5. The average molecular weight is 527 g/mol. The smallest absolute Gasteiger partial charge is 0.266 e. The molecule has 11 heteroatoms. The lowest BCUT2D eigenvalue weighted by atomic mass is 10.1. The van der Waals surface area contributed by atoms with Crippen LogP contribution in [0.15, 0.2) is 35.3 Å². The second kappa shape index (κ2) is 10.4. The van der Waals surface area contributed by atoms with Crippen molar-refractivity contribution in [2.45, 2.75) is 57.7 Å². The van der Waals surface area contributed by atoms with Gasteiger partial charge in [-0.1, -0.05) is 32.0 Å². The summed E-state index contributed by atoms with van der Waals surface area (Å²) in [7, 11) is 2.00. The summed E-state index contributed by atoms with van der Waals surface area (Å²) in [5.74, 6) is -1.12. The number of carbonyl (C=O) groups is 1. The van der Waals surface area contributed by atoms with E-state index >= 15 is 0 Å². The Hall–Kier alpha value is -2.95. The zero-order valence-electron chi connectivity index (χ0n) is 20.9. The standard InChI is InChI=1S/C24H25F5N4O2.C2H6/c1-32-9-14-15(10-32)20(14)31-17-7-18(34)33(24(5-6-24)23(28)29)11-16(17)22(35)30-8-12-3-2-4-13(19(12)25)21(26)27;1-2/h2-4,7,11,14-15,20-21,23,31H,5-6,8-10H2,1H3,(H,30,35);1-2H3. The highest BCUT2D eigenvalue weighted by molar-refractivity contribution is 5.99. The van der Waals surface area contributed by atoms with E-state index in [1.54, 1.807) is 0 Å². The van der Waals surface area contributed by atoms with Crippen molar-refractivity contribution in [3.05, 3.63) is 63.3 Å². The molecule has 1 saturated heterocycles. The molecule has 2 atom stereocenters. The second-order valence-electron chi connectivity index (χ2n) is 9.74. The first kappa shape index (κ1) is 27.1. The maximum Gasteiger partial charge on any atom is 0.266 e. The zero-order chi connectivity index (χ0) is 27.1. The third-order valence-electron chi connectivity index (χ3n) is 7.43. The van der Waals surface area contributed by atoms with Gasteiger partial charge in [0.15, 0.2) is 0 Å². The molecule has 2 aliphatic carbocycles. The molecular weight excluding hydrogens is 495 g/mol. The molecule has 3 fully saturated rings. The van der Waals surface area contributed by atoms with Gasteiger partial charge in [-0.2, -0.15) is 0 Å². The van der Waals surface area contributed by atoms with Gasteiger partial charge in [-0.05, 0) is 31.7 Å². The van der Waals surface area contributed by atoms with Gasteiger partial charge in [-0.3, -0.25) is 9.59 Å². The van der Waals surface area contributed by atoms with Crippen LogP contribution in [0, 0.1) is 17.7 Å². The number of rotatable bonds is 8. The van der Waals surface area contributed by atoms with Crippen LogP contribution >= 0.6 is 0 Å². The van der Waals surface area contributed by atoms with E-state index in [0.717, 1.165) is 36.0 Å². The Bertz CT molecular complexity index is 1200. The number of piperidine rings is 1. The number of hydrogen-bond donors (Lipinski definition) is 2. The first-order valence-electron chi connectivity index (χ1n) is 12.5. The highest BCUT2D eigenvalue weighted by Crippen LogP contribution is 2.49. The van der Waals surface area contributed by atoms with E-state index in [1.807, 2.05) is 20.9 Å². The van der Waals surface area contributed by atoms with Gasteiger partial charge in [-0.15, -0.1) is 0 Å². The molecule has 1 aliphatic heterocycles. The van der Waals surface area contributed by atoms with Gasteiger partial charge in [0.2, 0.25) is 0 Å². The Morgan fingerprint density at radius 2 is 1.78 bits per heavy atom. The number of amides is 1. The summed E-state index contributed by atoms with van der Waals surface area (Å²) < 4.78 is 68.8. The van der Waals surface area contributed by atoms with Crippen LogP contribution in [0.1, 0.15) is 54.6 Å². The number of halogens is 5. The normalized spacial score (nSPS) is 23.4. The molecule has 0 spiro atoms. The number of alkyl halides is 4. The maximum absolute atomic E-state index is 14.4. The quantitative estimate of drug-likeness (QED) is 0.494. The molecule has 0 bridgehead atoms. The largest absolute Gasteiger partial charge is 0.381 e. The van der Waals surface area contributed by atoms with Crippen LogP contribution in [0.2, 0.25) is 0 Å². The zero-order valence-corrected chi connectivity index (χ0v) is 20.9. The summed E-state index contributed by atoms with van der Waals surface area (Å²) in [6.45, 7) is 5.35. The van der Waals surface area contributed by atoms with Crippen molar-refractivity contribution in [1.82, 2.24) is 14.8 Å². The molecule has 2 N–H and O–H groups in total. The lowest BCUT2D eigenvalue weighted by molar-refractivity contribution is 0.0648. The number of fused-ring (bicyclic) bond motifs is 1. The van der Waals surface area contributed by atoms with Crippen LogP contribution < -0.4 is 16.2 Å². The molecule has 3 aliphatic rings. The molecule has 0 radical (unpaired) electrons. The number of pyridine rings is 1. The number of likely N-dealkylation sites (tertiary alicyclic amines) is 1. The monoisotopic (exact) mass is 526 g/mol. The van der Waals surface area contributed by atoms with Crippen LogP contribution in [0.4, 0.5) is 27.6 Å². The Labute approximate surface area is 211 Å². The second-order valence-corrected chi connectivity index (χ2v) is 9.74. The Morgan fingerprint density at radius 1 is 1.14 bits per heavy atom. The summed E-state index contributed by atoms with van der Waals surface area (Å²) >= 11 is 0. The average Bonchev–Trinajstić information content (AvgIpc) is 3.75. The molecule has 1 amide bonds. The fourth-order valence-corrected chi connectivity index (χ4v) is 5.18. The Balaban J connectivity index is 0.00000156. The molecule has 2 saturated carbocycles. The minimum atomic E-state index is -3.01. The van der Waals surface area contributed by atoms with Crippen molar-refractivity contribution in [2.75, 3.05) is 25.5 Å². The number of benzene rings is 1. The highest BCUT2D eigenvalue weighted by Gasteiger charge is 2.56. The van der Waals surface area contributed by atoms with E-state index in [4.69, 9.17) is 0 Å². The van der Waals surface area contributed by atoms with E-state index in [2.05, 4.69) is 15.5 Å². The summed E-state index contributed by atoms with van der Waals surface area (Å²) in [5.41, 5.74) is -2.99. The van der Waals surface area contributed by atoms with Crippen LogP contribution in [-0.4, -0.2) is 48.0 Å². The summed E-state index contributed by atoms with van der Waals surface area (Å²) in [4.78, 5) is 28.1. The summed E-state index contributed by atoms with van der Waals surface area (Å²) in [6, 6.07) is 4.72. The van der Waals surface area contributed by atoms with E-state index in [0.29, 0.717) is 11.8 Å². The first-order chi connectivity index (χ1) is 17.6. The number of nitrogens with zero attached hydrogens (tertiary/aromatic N) is 2. The predicted molar refractivity (Wildman–Crippen MR) is 130 cm³/mol. The van der Waals surface area contributed by atoms with Crippen molar-refractivity contribution in [2.24, 2.45) is 11.8 Å². The lowest BCUT2D eigenvalue weighted by Crippen LogP contribution is -2.37. The fraction of sp³-hybridized carbons (Fsp3) is 0.538. The molecule has 2 unspecified atom stereocenters. The van der Waals surface area contributed by atoms with Crippen molar-refractivity contribution < 1.29 is 26.7 Å². The number of anilines is 1. The van der Waals surface area contributed by atoms with E-state index < -0.39 is 41.2 Å². The van der Waals surface area contributed by atoms with Crippen LogP contribution in [-0.2, 0) is 12.1 Å². The third-order valence-corrected chi connectivity index (χ3v) is 7.43. The van der Waals surface area contributed by atoms with E-state index in [1.165, 1.54) is 12.1 Å². The minimum absolute atomic E-state index is 0.0275. The van der Waals surface area contributed by atoms with Gasteiger partial charge in [-0.25, -0.2) is 22.0 Å². The molecule has 1 aromatic heterocycles. The van der Waals surface area contributed by atoms with Crippen molar-refractivity contribution in [1.29, 1.82) is 0 Å². The number of aromatic nitrogens is 1. The molecule has 5 rings (SSSR count). The number of carbonyl (C=O) groups excluding carboxylic acids is 1. The fourth-order valence-electron chi connectivity index (χ4n) is 5.18. The lowest BCUT2D eigenvalue weighted by Gasteiger charge is -2.22. The van der Waals surface area contributed by atoms with Crippen LogP contribution in [0.3, 0.4) is 0 Å². The maximum atomic E-state index is 14.4. The molecule has 202 valence electrons. The van der Waals surface area contributed by atoms with Gasteiger partial charge < -0.3 is 20.1 Å². The van der Waals surface area contributed by atoms with Gasteiger partial charge in [0.1, 0.15) is 11.4 Å². The Kier molecular flexibility index (Phi) is 7.64. The Morgan fingerprint density at radius 3 is 2.35 bits per heavy atom. The van der Waals surface area contributed by atoms with Crippen molar-refractivity contribution in [3.63, 3.8) is 0 Å². The van der Waals surface area contributed by atoms with E-state index in [9.17, 15) is 31.5 Å². The minimum Gasteiger partial charge on any atom is -0.381 e. The molecule has 2 aromatic rings. The van der Waals surface area contributed by atoms with Gasteiger partial charge in [0.25, 0.3) is 24.3 Å². The van der Waals surface area contributed by atoms with Gasteiger partial charge >= 0.3 is 0 Å². The summed E-state index contributed by atoms with van der Waals surface area (Å²) in [6.07, 6.45) is -4.42. The topological polar surface area (TPSA) is 66.4 Å². The highest BCUT2D eigenvalue weighted by atomic mass is 19.3. The van der Waals surface area contributed by atoms with Gasteiger partial charge in [0, 0.05) is 43.5 Å². The molecule has 6 nitrogen and oxygen atoms in total.